The molecule has 0 amide bonds. The second kappa shape index (κ2) is 10.6. The molecule has 0 unspecified atom stereocenters. The minimum Gasteiger partial charge on any atom is -0.494 e. The van der Waals surface area contributed by atoms with Crippen LogP contribution in [0.15, 0.2) is 53.5 Å². The highest BCUT2D eigenvalue weighted by molar-refractivity contribution is 9.10. The molecule has 1 aromatic carbocycles. The Balaban J connectivity index is 1.86. The van der Waals surface area contributed by atoms with E-state index in [9.17, 15) is 8.42 Å². The van der Waals surface area contributed by atoms with Crippen LogP contribution in [0.1, 0.15) is 25.2 Å². The van der Waals surface area contributed by atoms with Gasteiger partial charge in [0.25, 0.3) is 0 Å². The number of benzene rings is 1. The quantitative estimate of drug-likeness (QED) is 0.297. The zero-order chi connectivity index (χ0) is 27.7. The number of anilines is 1. The van der Waals surface area contributed by atoms with Crippen molar-refractivity contribution < 1.29 is 22.3 Å². The molecule has 0 aliphatic heterocycles. The Morgan fingerprint density at radius 2 is 1.71 bits per heavy atom. The summed E-state index contributed by atoms with van der Waals surface area (Å²) in [5.74, 6) is 0.492. The fraction of sp³-hybridized carbons (Fsp3) is 0.292. The molecule has 0 fully saturated rings. The number of hydrogen-bond acceptors (Lipinski definition) is 9. The number of aromatic nitrogens is 6. The Bertz CT molecular complexity index is 1540. The van der Waals surface area contributed by atoms with Gasteiger partial charge in [0.15, 0.2) is 17.3 Å². The molecular weight excluding hydrogens is 581 g/mol. The number of ether oxygens (including phenoxy) is 2. The highest BCUT2D eigenvalue weighted by atomic mass is 79.9. The van der Waals surface area contributed by atoms with Crippen molar-refractivity contribution in [1.29, 1.82) is 0 Å². The maximum Gasteiger partial charge on any atom is 0.243 e. The average molecular weight is 606 g/mol. The number of nitrogens with one attached hydrogen (secondary N) is 1. The van der Waals surface area contributed by atoms with Crippen LogP contribution in [0.4, 0.5) is 10.3 Å². The van der Waals surface area contributed by atoms with Crippen LogP contribution in [0.2, 0.25) is 0 Å². The Morgan fingerprint density at radius 1 is 1.08 bits per heavy atom. The Labute approximate surface area is 227 Å². The van der Waals surface area contributed by atoms with Gasteiger partial charge in [-0.1, -0.05) is 6.07 Å². The van der Waals surface area contributed by atoms with E-state index in [1.54, 1.807) is 30.6 Å². The number of pyridine rings is 1. The molecule has 0 radical (unpaired) electrons. The van der Waals surface area contributed by atoms with E-state index in [1.807, 2.05) is 13.0 Å². The van der Waals surface area contributed by atoms with Crippen LogP contribution in [0.3, 0.4) is 0 Å². The molecule has 38 heavy (non-hydrogen) atoms. The molecule has 0 saturated heterocycles. The third-order valence-corrected chi connectivity index (χ3v) is 8.19. The van der Waals surface area contributed by atoms with Gasteiger partial charge in [0, 0.05) is 30.4 Å². The monoisotopic (exact) mass is 605 g/mol. The van der Waals surface area contributed by atoms with Crippen LogP contribution in [0.5, 0.6) is 11.5 Å². The first-order valence-corrected chi connectivity index (χ1v) is 13.6. The van der Waals surface area contributed by atoms with Gasteiger partial charge >= 0.3 is 0 Å². The summed E-state index contributed by atoms with van der Waals surface area (Å²) in [6, 6.07) is 6.90. The lowest BCUT2D eigenvalue weighted by atomic mass is 10.0. The van der Waals surface area contributed by atoms with Gasteiger partial charge in [-0.2, -0.15) is 0 Å². The van der Waals surface area contributed by atoms with Gasteiger partial charge in [0.2, 0.25) is 16.0 Å². The predicted molar refractivity (Wildman–Crippen MR) is 143 cm³/mol. The van der Waals surface area contributed by atoms with Gasteiger partial charge in [-0.25, -0.2) is 22.8 Å². The summed E-state index contributed by atoms with van der Waals surface area (Å²) in [6.07, 6.45) is 5.94. The Morgan fingerprint density at radius 3 is 2.29 bits per heavy atom. The van der Waals surface area contributed by atoms with E-state index in [2.05, 4.69) is 45.8 Å². The lowest BCUT2D eigenvalue weighted by Crippen LogP contribution is -2.41. The van der Waals surface area contributed by atoms with Crippen molar-refractivity contribution in [3.8, 4) is 28.6 Å². The number of nitrogens with zero attached hydrogens (tertiary/aromatic N) is 6. The smallest absolute Gasteiger partial charge is 0.243 e. The molecule has 4 aromatic rings. The largest absolute Gasteiger partial charge is 0.494 e. The molecule has 200 valence electrons. The molecule has 0 bridgehead atoms. The van der Waals surface area contributed by atoms with Crippen molar-refractivity contribution in [2.24, 2.45) is 0 Å². The van der Waals surface area contributed by atoms with Crippen LogP contribution in [-0.2, 0) is 15.7 Å². The Kier molecular flexibility index (Phi) is 7.65. The summed E-state index contributed by atoms with van der Waals surface area (Å²) in [7, 11) is -1.48. The van der Waals surface area contributed by atoms with Crippen molar-refractivity contribution in [2.75, 3.05) is 18.9 Å². The first kappa shape index (κ1) is 27.4. The van der Waals surface area contributed by atoms with Gasteiger partial charge in [0.1, 0.15) is 22.4 Å². The number of sulfonamides is 1. The number of aryl methyl sites for hydroxylation is 1. The minimum absolute atomic E-state index is 0.205. The van der Waals surface area contributed by atoms with E-state index in [0.717, 1.165) is 12.5 Å². The maximum atomic E-state index is 15.9. The first-order valence-electron chi connectivity index (χ1n) is 11.3. The average Bonchev–Trinajstić information content (AvgIpc) is 3.30. The highest BCUT2D eigenvalue weighted by Crippen LogP contribution is 2.38. The standard InChI is InChI=1S/C24H25BrFN7O4S/c1-14-9-16(11-27-10-14)21-30-31-23(33(21)20-18(36-4)7-6-8-19(20)37-5)32-38(34,35)15(2)24(3,26)22-28-12-17(25)13-29-22/h6-13,15H,1-5H3,(H,31,32)/t15-,24-/m1/s1. The van der Waals surface area contributed by atoms with E-state index < -0.39 is 20.9 Å². The zero-order valence-electron chi connectivity index (χ0n) is 21.2. The molecule has 0 saturated carbocycles. The van der Waals surface area contributed by atoms with Crippen LogP contribution in [0, 0.1) is 6.92 Å². The molecule has 4 rings (SSSR count). The molecule has 2 atom stereocenters. The number of alkyl halides is 1. The topological polar surface area (TPSA) is 134 Å². The van der Waals surface area contributed by atoms with Crippen molar-refractivity contribution in [2.45, 2.75) is 31.7 Å². The van der Waals surface area contributed by atoms with Gasteiger partial charge in [0.05, 0.1) is 18.7 Å². The van der Waals surface area contributed by atoms with Gasteiger partial charge in [-0.3, -0.25) is 14.3 Å². The predicted octanol–water partition coefficient (Wildman–Crippen LogP) is 4.22. The summed E-state index contributed by atoms with van der Waals surface area (Å²) in [6.45, 7) is 4.19. The first-order chi connectivity index (χ1) is 18.0. The fourth-order valence-electron chi connectivity index (χ4n) is 3.73. The van der Waals surface area contributed by atoms with Gasteiger partial charge in [-0.15, -0.1) is 10.2 Å². The second-order valence-electron chi connectivity index (χ2n) is 8.53. The third kappa shape index (κ3) is 5.18. The lowest BCUT2D eigenvalue weighted by Gasteiger charge is -2.26. The van der Waals surface area contributed by atoms with Crippen LogP contribution >= 0.6 is 15.9 Å². The lowest BCUT2D eigenvalue weighted by molar-refractivity contribution is 0.175. The molecule has 3 heterocycles. The summed E-state index contributed by atoms with van der Waals surface area (Å²) >= 11 is 3.19. The summed E-state index contributed by atoms with van der Waals surface area (Å²) in [5.41, 5.74) is -0.698. The second-order valence-corrected chi connectivity index (χ2v) is 11.5. The summed E-state index contributed by atoms with van der Waals surface area (Å²) < 4.78 is 58.4. The Hall–Kier alpha value is -3.65. The third-order valence-electron chi connectivity index (χ3n) is 5.94. The number of rotatable bonds is 9. The van der Waals surface area contributed by atoms with E-state index in [-0.39, 0.29) is 17.6 Å². The van der Waals surface area contributed by atoms with Crippen LogP contribution in [0.25, 0.3) is 17.1 Å². The fourth-order valence-corrected chi connectivity index (χ4v) is 5.19. The van der Waals surface area contributed by atoms with Crippen molar-refractivity contribution in [1.82, 2.24) is 29.7 Å². The number of hydrogen-bond donors (Lipinski definition) is 1. The molecular formula is C24H25BrFN7O4S. The highest BCUT2D eigenvalue weighted by Gasteiger charge is 2.44. The zero-order valence-corrected chi connectivity index (χ0v) is 23.6. The summed E-state index contributed by atoms with van der Waals surface area (Å²) in [4.78, 5) is 12.1. The van der Waals surface area contributed by atoms with Gasteiger partial charge < -0.3 is 9.47 Å². The molecule has 11 nitrogen and oxygen atoms in total. The van der Waals surface area contributed by atoms with E-state index in [4.69, 9.17) is 9.47 Å². The number of halogens is 2. The minimum atomic E-state index is -4.41. The number of methoxy groups -OCH3 is 2. The van der Waals surface area contributed by atoms with Gasteiger partial charge in [-0.05, 0) is 60.5 Å². The number of para-hydroxylation sites is 1. The normalized spacial score (nSPS) is 14.0. The maximum absolute atomic E-state index is 15.9. The van der Waals surface area contributed by atoms with Crippen LogP contribution < -0.4 is 14.2 Å². The van der Waals surface area contributed by atoms with E-state index in [0.29, 0.717) is 27.2 Å². The van der Waals surface area contributed by atoms with Crippen molar-refractivity contribution in [3.63, 3.8) is 0 Å². The molecule has 3 aromatic heterocycles. The SMILES string of the molecule is COc1cccc(OC)c1-n1c(NS(=O)(=O)[C@H](C)[C@@](C)(F)c2ncc(Br)cn2)nnc1-c1cncc(C)c1. The summed E-state index contributed by atoms with van der Waals surface area (Å²) in [5, 5.41) is 6.73. The van der Waals surface area contributed by atoms with Crippen LogP contribution in [-0.4, -0.2) is 57.6 Å². The van der Waals surface area contributed by atoms with E-state index >= 15 is 4.39 Å². The van der Waals surface area contributed by atoms with Crippen molar-refractivity contribution >= 4 is 31.9 Å². The molecule has 1 N–H and O–H groups in total. The van der Waals surface area contributed by atoms with E-state index in [1.165, 1.54) is 38.1 Å². The molecule has 0 aliphatic rings. The molecule has 14 heteroatoms. The van der Waals surface area contributed by atoms with Crippen molar-refractivity contribution in [3.05, 3.63) is 64.9 Å². The molecule has 0 spiro atoms. The molecule has 0 aliphatic carbocycles.